The Morgan fingerprint density at radius 1 is 1.19 bits per heavy atom. The fraction of sp³-hybridized carbons (Fsp3) is 0. The number of benzene rings is 1. The van der Waals surface area contributed by atoms with Gasteiger partial charge >= 0.3 is 9.24 Å². The van der Waals surface area contributed by atoms with Gasteiger partial charge < -0.3 is 5.73 Å². The lowest BCUT2D eigenvalue weighted by molar-refractivity contribution is 0.0956. The number of carbonyl (C=O) groups excluding carboxylic acids is 2. The third-order valence-corrected chi connectivity index (χ3v) is 2.31. The summed E-state index contributed by atoms with van der Waals surface area (Å²) in [6, 6.07) is 5.52. The molecule has 0 fully saturated rings. The quantitative estimate of drug-likeness (QED) is 0.748. The van der Waals surface area contributed by atoms with Crippen molar-refractivity contribution < 1.29 is 18.0 Å². The molecule has 0 saturated heterocycles. The Balaban J connectivity index is 3.14. The highest BCUT2D eigenvalue weighted by atomic mass is 35.7. The molecule has 1 aromatic rings. The van der Waals surface area contributed by atoms with Crippen molar-refractivity contribution in [2.45, 2.75) is 0 Å². The van der Waals surface area contributed by atoms with Crippen LogP contribution < -0.4 is 10.5 Å². The van der Waals surface area contributed by atoms with Crippen LogP contribution in [-0.2, 0) is 9.24 Å². The van der Waals surface area contributed by atoms with Crippen molar-refractivity contribution in [2.24, 2.45) is 5.73 Å². The van der Waals surface area contributed by atoms with E-state index >= 15 is 0 Å². The largest absolute Gasteiger partial charge is 0.366 e. The lowest BCUT2D eigenvalue weighted by Crippen LogP contribution is -2.29. The Morgan fingerprint density at radius 3 is 2.12 bits per heavy atom. The molecule has 0 spiro atoms. The fourth-order valence-corrected chi connectivity index (χ4v) is 1.60. The lowest BCUT2D eigenvalue weighted by atomic mass is 10.1. The molecule has 1 aromatic carbocycles. The first kappa shape index (κ1) is 12.5. The average Bonchev–Trinajstić information content (AvgIpc) is 2.15. The molecule has 0 saturated carbocycles. The number of hydrogen-bond acceptors (Lipinski definition) is 4. The van der Waals surface area contributed by atoms with E-state index in [2.05, 4.69) is 0 Å². The van der Waals surface area contributed by atoms with E-state index in [0.29, 0.717) is 0 Å². The first-order valence-electron chi connectivity index (χ1n) is 3.97. The molecule has 0 aromatic heterocycles. The predicted octanol–water partition coefficient (Wildman–Crippen LogP) is -0.00110. The SMILES string of the molecule is NC(=O)c1ccccc1C(=O)NS(=O)(=O)Cl. The van der Waals surface area contributed by atoms with Gasteiger partial charge in [-0.3, -0.25) is 9.59 Å². The van der Waals surface area contributed by atoms with Crippen LogP contribution in [0, 0.1) is 0 Å². The summed E-state index contributed by atoms with van der Waals surface area (Å²) in [6.07, 6.45) is 0. The van der Waals surface area contributed by atoms with E-state index in [1.165, 1.54) is 29.0 Å². The summed E-state index contributed by atoms with van der Waals surface area (Å²) >= 11 is 0. The third kappa shape index (κ3) is 3.21. The van der Waals surface area contributed by atoms with Gasteiger partial charge in [0, 0.05) is 10.7 Å². The van der Waals surface area contributed by atoms with Crippen molar-refractivity contribution in [3.63, 3.8) is 0 Å². The molecular formula is C8H7ClN2O4S. The molecule has 0 unspecified atom stereocenters. The van der Waals surface area contributed by atoms with Crippen LogP contribution in [0.4, 0.5) is 0 Å². The highest BCUT2D eigenvalue weighted by molar-refractivity contribution is 8.12. The molecule has 86 valence electrons. The van der Waals surface area contributed by atoms with Crippen LogP contribution >= 0.6 is 10.7 Å². The van der Waals surface area contributed by atoms with Gasteiger partial charge in [0.1, 0.15) is 0 Å². The summed E-state index contributed by atoms with van der Waals surface area (Å²) in [4.78, 5) is 22.4. The molecule has 8 heteroatoms. The molecule has 2 amide bonds. The van der Waals surface area contributed by atoms with Crippen LogP contribution in [0.5, 0.6) is 0 Å². The summed E-state index contributed by atoms with van der Waals surface area (Å²) < 4.78 is 22.7. The number of carbonyl (C=O) groups is 2. The average molecular weight is 263 g/mol. The van der Waals surface area contributed by atoms with Gasteiger partial charge in [-0.15, -0.1) is 0 Å². The van der Waals surface area contributed by atoms with Crippen molar-refractivity contribution in [3.05, 3.63) is 35.4 Å². The second kappa shape index (κ2) is 4.50. The van der Waals surface area contributed by atoms with Crippen molar-refractivity contribution in [1.82, 2.24) is 4.72 Å². The maximum absolute atomic E-state index is 11.4. The summed E-state index contributed by atoms with van der Waals surface area (Å²) in [5.74, 6) is -1.85. The minimum absolute atomic E-state index is 0.0830. The molecule has 1 rings (SSSR count). The molecular weight excluding hydrogens is 256 g/mol. The highest BCUT2D eigenvalue weighted by Crippen LogP contribution is 2.08. The number of hydrogen-bond donors (Lipinski definition) is 2. The van der Waals surface area contributed by atoms with Crippen molar-refractivity contribution in [3.8, 4) is 0 Å². The van der Waals surface area contributed by atoms with Crippen molar-refractivity contribution in [2.75, 3.05) is 0 Å². The minimum atomic E-state index is -4.19. The van der Waals surface area contributed by atoms with Crippen LogP contribution in [-0.4, -0.2) is 20.2 Å². The molecule has 6 nitrogen and oxygen atoms in total. The number of rotatable bonds is 3. The predicted molar refractivity (Wildman–Crippen MR) is 57.2 cm³/mol. The van der Waals surface area contributed by atoms with Crippen LogP contribution in [0.2, 0.25) is 0 Å². The first-order valence-corrected chi connectivity index (χ1v) is 6.28. The summed E-state index contributed by atoms with van der Waals surface area (Å²) in [7, 11) is 0.641. The van der Waals surface area contributed by atoms with Gasteiger partial charge in [-0.1, -0.05) is 12.1 Å². The van der Waals surface area contributed by atoms with Crippen molar-refractivity contribution >= 4 is 31.7 Å². The normalized spacial score (nSPS) is 10.8. The van der Waals surface area contributed by atoms with E-state index in [0.717, 1.165) is 0 Å². The zero-order chi connectivity index (χ0) is 12.3. The summed E-state index contributed by atoms with van der Waals surface area (Å²) in [5.41, 5.74) is 4.78. The number of primary amides is 1. The number of nitrogens with one attached hydrogen (secondary N) is 1. The van der Waals surface area contributed by atoms with Gasteiger partial charge in [0.05, 0.1) is 11.1 Å². The molecule has 16 heavy (non-hydrogen) atoms. The molecule has 0 aliphatic heterocycles. The van der Waals surface area contributed by atoms with Crippen LogP contribution in [0.15, 0.2) is 24.3 Å². The molecule has 0 atom stereocenters. The molecule has 0 radical (unpaired) electrons. The maximum atomic E-state index is 11.4. The Labute approximate surface area is 95.9 Å². The molecule has 3 N–H and O–H groups in total. The topological polar surface area (TPSA) is 106 Å². The maximum Gasteiger partial charge on any atom is 0.321 e. The number of amides is 2. The third-order valence-electron chi connectivity index (χ3n) is 1.65. The lowest BCUT2D eigenvalue weighted by Gasteiger charge is -2.04. The van der Waals surface area contributed by atoms with E-state index in [-0.39, 0.29) is 11.1 Å². The zero-order valence-corrected chi connectivity index (χ0v) is 9.38. The van der Waals surface area contributed by atoms with E-state index in [1.54, 1.807) is 0 Å². The van der Waals surface area contributed by atoms with E-state index in [1.807, 2.05) is 0 Å². The van der Waals surface area contributed by atoms with Gasteiger partial charge in [0.2, 0.25) is 5.91 Å². The van der Waals surface area contributed by atoms with E-state index in [4.69, 9.17) is 16.4 Å². The van der Waals surface area contributed by atoms with Gasteiger partial charge in [-0.2, -0.15) is 8.42 Å². The van der Waals surface area contributed by atoms with Gasteiger partial charge in [-0.25, -0.2) is 4.72 Å². The van der Waals surface area contributed by atoms with E-state index < -0.39 is 21.1 Å². The fourth-order valence-electron chi connectivity index (χ4n) is 1.06. The Kier molecular flexibility index (Phi) is 3.51. The second-order valence-corrected chi connectivity index (χ2v) is 5.08. The standard InChI is InChI=1S/C8H7ClN2O4S/c9-16(14,15)11-8(13)6-4-2-1-3-5(6)7(10)12/h1-4H,(H2,10,12)(H,11,13). The summed E-state index contributed by atoms with van der Waals surface area (Å²) in [6.45, 7) is 0. The zero-order valence-electron chi connectivity index (χ0n) is 7.81. The molecule has 0 aliphatic carbocycles. The number of halogens is 1. The smallest absolute Gasteiger partial charge is 0.321 e. The highest BCUT2D eigenvalue weighted by Gasteiger charge is 2.18. The van der Waals surface area contributed by atoms with Gasteiger partial charge in [0.25, 0.3) is 5.91 Å². The van der Waals surface area contributed by atoms with Gasteiger partial charge in [-0.05, 0) is 12.1 Å². The molecule has 0 aliphatic rings. The van der Waals surface area contributed by atoms with Gasteiger partial charge in [0.15, 0.2) is 0 Å². The Bertz CT molecular complexity index is 541. The Morgan fingerprint density at radius 2 is 1.69 bits per heavy atom. The van der Waals surface area contributed by atoms with Crippen LogP contribution in [0.3, 0.4) is 0 Å². The van der Waals surface area contributed by atoms with E-state index in [9.17, 15) is 18.0 Å². The molecule has 0 bridgehead atoms. The summed E-state index contributed by atoms with van der Waals surface area (Å²) in [5, 5.41) is 0. The Hall–Kier alpha value is -1.60. The second-order valence-electron chi connectivity index (χ2n) is 2.78. The minimum Gasteiger partial charge on any atom is -0.366 e. The monoisotopic (exact) mass is 262 g/mol. The van der Waals surface area contributed by atoms with Crippen LogP contribution in [0.25, 0.3) is 0 Å². The van der Waals surface area contributed by atoms with Crippen molar-refractivity contribution in [1.29, 1.82) is 0 Å². The molecule has 0 heterocycles. The first-order chi connectivity index (χ1) is 7.31. The van der Waals surface area contributed by atoms with Crippen LogP contribution in [0.1, 0.15) is 20.7 Å². The number of nitrogens with two attached hydrogens (primary N) is 1.